The normalized spacial score (nSPS) is 14.2. The number of hydrogen-bond donors (Lipinski definition) is 1. The number of ether oxygens (including phenoxy) is 1. The molecule has 1 aliphatic rings. The Bertz CT molecular complexity index is 1060. The van der Waals surface area contributed by atoms with Gasteiger partial charge in [0.2, 0.25) is 5.88 Å². The number of benzene rings is 2. The Morgan fingerprint density at radius 1 is 1.12 bits per heavy atom. The summed E-state index contributed by atoms with van der Waals surface area (Å²) in [5.74, 6) is 3.87. The molecule has 1 saturated carbocycles. The van der Waals surface area contributed by atoms with Crippen molar-refractivity contribution in [3.63, 3.8) is 0 Å². The van der Waals surface area contributed by atoms with Crippen molar-refractivity contribution in [3.8, 4) is 23.6 Å². The van der Waals surface area contributed by atoms with Crippen LogP contribution in [0.25, 0.3) is 11.3 Å². The predicted octanol–water partition coefficient (Wildman–Crippen LogP) is 4.20. The van der Waals surface area contributed by atoms with E-state index in [1.807, 2.05) is 43.4 Å². The van der Waals surface area contributed by atoms with Crippen LogP contribution in [-0.4, -0.2) is 54.6 Å². The van der Waals surface area contributed by atoms with Gasteiger partial charge in [0.05, 0.1) is 18.3 Å². The van der Waals surface area contributed by atoms with Gasteiger partial charge in [0.1, 0.15) is 12.3 Å². The lowest BCUT2D eigenvalue weighted by Crippen LogP contribution is -2.36. The molecule has 3 aromatic rings. The number of anilines is 1. The topological polar surface area (TPSA) is 62.0 Å². The van der Waals surface area contributed by atoms with Gasteiger partial charge in [-0.25, -0.2) is 0 Å². The highest BCUT2D eigenvalue weighted by Gasteiger charge is 2.29. The molecule has 0 bridgehead atoms. The lowest BCUT2D eigenvalue weighted by atomic mass is 10.1. The van der Waals surface area contributed by atoms with Crippen LogP contribution in [0.5, 0.6) is 0 Å². The molecule has 0 radical (unpaired) electrons. The van der Waals surface area contributed by atoms with Crippen LogP contribution in [0.2, 0.25) is 0 Å². The van der Waals surface area contributed by atoms with E-state index in [4.69, 9.17) is 15.7 Å². The van der Waals surface area contributed by atoms with Gasteiger partial charge >= 0.3 is 0 Å². The third-order valence-corrected chi connectivity index (χ3v) is 5.98. The molecule has 1 atom stereocenters. The van der Waals surface area contributed by atoms with E-state index in [1.54, 1.807) is 0 Å². The summed E-state index contributed by atoms with van der Waals surface area (Å²) in [6.07, 6.45) is 7.11. The monoisotopic (exact) mass is 459 g/mol. The minimum absolute atomic E-state index is 0.206. The van der Waals surface area contributed by atoms with Crippen LogP contribution in [0.1, 0.15) is 24.0 Å². The second kappa shape index (κ2) is 11.8. The summed E-state index contributed by atoms with van der Waals surface area (Å²) in [5.41, 5.74) is 4.09. The van der Waals surface area contributed by atoms with E-state index in [1.165, 1.54) is 18.4 Å². The Morgan fingerprint density at radius 2 is 1.82 bits per heavy atom. The average Bonchev–Trinajstić information content (AvgIpc) is 3.56. The number of nitrogens with zero attached hydrogens (tertiary/aromatic N) is 3. The summed E-state index contributed by atoms with van der Waals surface area (Å²) in [6, 6.07) is 20.4. The number of aromatic nitrogens is 1. The highest BCUT2D eigenvalue weighted by Crippen LogP contribution is 2.35. The van der Waals surface area contributed by atoms with Gasteiger partial charge in [-0.1, -0.05) is 71.7 Å². The van der Waals surface area contributed by atoms with Crippen LogP contribution < -0.4 is 4.90 Å². The maximum absolute atomic E-state index is 10.6. The molecule has 1 fully saturated rings. The smallest absolute Gasteiger partial charge is 0.232 e. The van der Waals surface area contributed by atoms with Crippen molar-refractivity contribution < 1.29 is 14.4 Å². The van der Waals surface area contributed by atoms with Crippen LogP contribution >= 0.6 is 0 Å². The Balaban J connectivity index is 1.58. The zero-order valence-electron chi connectivity index (χ0n) is 19.8. The zero-order chi connectivity index (χ0) is 23.8. The van der Waals surface area contributed by atoms with Crippen LogP contribution in [0.3, 0.4) is 0 Å². The van der Waals surface area contributed by atoms with Crippen molar-refractivity contribution in [2.45, 2.75) is 32.0 Å². The molecule has 4 rings (SSSR count). The molecule has 2 aromatic carbocycles. The van der Waals surface area contributed by atoms with E-state index < -0.39 is 6.10 Å². The van der Waals surface area contributed by atoms with Gasteiger partial charge in [0.15, 0.2) is 0 Å². The minimum atomic E-state index is -0.613. The zero-order valence-corrected chi connectivity index (χ0v) is 19.8. The first kappa shape index (κ1) is 24.0. The maximum atomic E-state index is 10.6. The maximum Gasteiger partial charge on any atom is 0.232 e. The fourth-order valence-corrected chi connectivity index (χ4v) is 4.19. The summed E-state index contributed by atoms with van der Waals surface area (Å²) >= 11 is 0. The molecular formula is C28H33N3O3. The summed E-state index contributed by atoms with van der Waals surface area (Å²) in [7, 11) is 2.03. The summed E-state index contributed by atoms with van der Waals surface area (Å²) in [6.45, 7) is 3.20. The summed E-state index contributed by atoms with van der Waals surface area (Å²) in [4.78, 5) is 4.40. The van der Waals surface area contributed by atoms with Crippen molar-refractivity contribution in [2.75, 3.05) is 38.3 Å². The predicted molar refractivity (Wildman–Crippen MR) is 134 cm³/mol. The van der Waals surface area contributed by atoms with Gasteiger partial charge in [-0.15, -0.1) is 6.42 Å². The Hall–Kier alpha value is -3.11. The first-order chi connectivity index (χ1) is 16.6. The van der Waals surface area contributed by atoms with Crippen LogP contribution in [0, 0.1) is 18.3 Å². The molecule has 6 heteroatoms. The van der Waals surface area contributed by atoms with Gasteiger partial charge in [0, 0.05) is 38.8 Å². The lowest BCUT2D eigenvalue weighted by Gasteiger charge is -2.26. The highest BCUT2D eigenvalue weighted by molar-refractivity contribution is 5.68. The van der Waals surface area contributed by atoms with E-state index in [-0.39, 0.29) is 13.2 Å². The third kappa shape index (κ3) is 6.71. The molecule has 6 nitrogen and oxygen atoms in total. The second-order valence-electron chi connectivity index (χ2n) is 9.03. The van der Waals surface area contributed by atoms with Crippen molar-refractivity contribution in [2.24, 2.45) is 5.92 Å². The second-order valence-corrected chi connectivity index (χ2v) is 9.03. The first-order valence-corrected chi connectivity index (χ1v) is 11.8. The molecule has 1 aromatic heterocycles. The largest absolute Gasteiger partial charge is 0.389 e. The van der Waals surface area contributed by atoms with E-state index in [0.29, 0.717) is 25.6 Å². The fourth-order valence-electron chi connectivity index (χ4n) is 4.19. The van der Waals surface area contributed by atoms with E-state index in [2.05, 4.69) is 45.1 Å². The molecule has 1 aliphatic carbocycles. The molecule has 0 saturated heterocycles. The average molecular weight is 460 g/mol. The van der Waals surface area contributed by atoms with Crippen molar-refractivity contribution >= 4 is 5.88 Å². The summed E-state index contributed by atoms with van der Waals surface area (Å²) in [5, 5.41) is 15.1. The molecule has 178 valence electrons. The van der Waals surface area contributed by atoms with Crippen molar-refractivity contribution in [1.29, 1.82) is 0 Å². The minimum Gasteiger partial charge on any atom is -0.389 e. The van der Waals surface area contributed by atoms with E-state index in [9.17, 15) is 5.11 Å². The van der Waals surface area contributed by atoms with Gasteiger partial charge in [-0.05, 0) is 24.3 Å². The summed E-state index contributed by atoms with van der Waals surface area (Å²) < 4.78 is 11.3. The quantitative estimate of drug-likeness (QED) is 0.305. The van der Waals surface area contributed by atoms with Crippen LogP contribution in [0.15, 0.2) is 65.2 Å². The van der Waals surface area contributed by atoms with Crippen LogP contribution in [0.4, 0.5) is 5.88 Å². The standard InChI is InChI=1S/C28H33N3O3/c1-3-16-33-21-25(32)19-31(18-23-14-15-23)20-26-27(24-12-8-5-9-13-24)29-34-28(26)30(2)17-22-10-6-4-7-11-22/h1,4-13,23,25,32H,14-21H2,2H3. The van der Waals surface area contributed by atoms with Gasteiger partial charge in [0.25, 0.3) is 0 Å². The van der Waals surface area contributed by atoms with Crippen molar-refractivity contribution in [1.82, 2.24) is 10.1 Å². The van der Waals surface area contributed by atoms with E-state index >= 15 is 0 Å². The SMILES string of the molecule is C#CCOCC(O)CN(Cc1c(-c2ccccc2)noc1N(C)Cc1ccccc1)CC1CC1. The molecular weight excluding hydrogens is 426 g/mol. The van der Waals surface area contributed by atoms with Gasteiger partial charge in [-0.2, -0.15) is 0 Å². The molecule has 0 aliphatic heterocycles. The van der Waals surface area contributed by atoms with Crippen molar-refractivity contribution in [3.05, 3.63) is 71.8 Å². The Kier molecular flexibility index (Phi) is 8.37. The van der Waals surface area contributed by atoms with Crippen LogP contribution in [-0.2, 0) is 17.8 Å². The van der Waals surface area contributed by atoms with E-state index in [0.717, 1.165) is 29.2 Å². The Morgan fingerprint density at radius 3 is 2.50 bits per heavy atom. The number of rotatable bonds is 13. The third-order valence-electron chi connectivity index (χ3n) is 5.98. The fraction of sp³-hybridized carbons (Fsp3) is 0.393. The molecule has 34 heavy (non-hydrogen) atoms. The number of terminal acetylenes is 1. The lowest BCUT2D eigenvalue weighted by molar-refractivity contribution is 0.0251. The number of hydrogen-bond acceptors (Lipinski definition) is 6. The molecule has 0 spiro atoms. The Labute approximate surface area is 202 Å². The first-order valence-electron chi connectivity index (χ1n) is 11.8. The highest BCUT2D eigenvalue weighted by atomic mass is 16.5. The molecule has 1 unspecified atom stereocenters. The number of aliphatic hydroxyl groups is 1. The number of aliphatic hydroxyl groups excluding tert-OH is 1. The molecule has 1 heterocycles. The van der Waals surface area contributed by atoms with Gasteiger partial charge < -0.3 is 19.3 Å². The molecule has 0 amide bonds. The van der Waals surface area contributed by atoms with Gasteiger partial charge in [-0.3, -0.25) is 4.90 Å². The molecule has 1 N–H and O–H groups in total.